The number of hydrogen-bond acceptors (Lipinski definition) is 1. The van der Waals surface area contributed by atoms with Gasteiger partial charge in [0.05, 0.1) is 6.54 Å². The predicted molar refractivity (Wildman–Crippen MR) is 67.1 cm³/mol. The highest BCUT2D eigenvalue weighted by molar-refractivity contribution is 9.10. The van der Waals surface area contributed by atoms with Crippen LogP contribution in [-0.2, 0) is 0 Å². The molecule has 0 aliphatic heterocycles. The quantitative estimate of drug-likeness (QED) is 0.870. The number of anilines is 1. The molecule has 0 aliphatic rings. The maximum Gasteiger partial charge on any atom is 0.0502 e. The molecule has 0 bridgehead atoms. The summed E-state index contributed by atoms with van der Waals surface area (Å²) in [5.41, 5.74) is 3.54. The molecule has 1 nitrogen and oxygen atoms in total. The first-order valence-corrected chi connectivity index (χ1v) is 5.51. The van der Waals surface area contributed by atoms with Crippen LogP contribution in [0.5, 0.6) is 0 Å². The Bertz CT molecular complexity index is 337. The van der Waals surface area contributed by atoms with Crippen molar-refractivity contribution in [3.05, 3.63) is 39.3 Å². The third kappa shape index (κ3) is 3.03. The van der Waals surface area contributed by atoms with Gasteiger partial charge in [-0.3, -0.25) is 0 Å². The molecule has 0 heterocycles. The van der Waals surface area contributed by atoms with Crippen molar-refractivity contribution in [2.45, 2.75) is 13.8 Å². The second-order valence-electron chi connectivity index (χ2n) is 3.29. The molecule has 0 aliphatic carbocycles. The normalized spacial score (nSPS) is 10.0. The molecule has 0 fully saturated rings. The third-order valence-electron chi connectivity index (χ3n) is 1.95. The van der Waals surface area contributed by atoms with Gasteiger partial charge in [-0.15, -0.1) is 0 Å². The molecule has 0 radical (unpaired) electrons. The van der Waals surface area contributed by atoms with Crippen LogP contribution < -0.4 is 5.32 Å². The fourth-order valence-corrected chi connectivity index (χ4v) is 2.13. The molecule has 1 N–H and O–H groups in total. The van der Waals surface area contributed by atoms with Crippen LogP contribution in [-0.4, -0.2) is 6.54 Å². The molecule has 14 heavy (non-hydrogen) atoms. The van der Waals surface area contributed by atoms with Gasteiger partial charge in [-0.05, 0) is 37.1 Å². The van der Waals surface area contributed by atoms with Gasteiger partial charge in [0.25, 0.3) is 0 Å². The Balaban J connectivity index is 2.91. The highest BCUT2D eigenvalue weighted by atomic mass is 79.9. The molecular weight excluding hydrogens is 261 g/mol. The Morgan fingerprint density at radius 2 is 1.93 bits per heavy atom. The Labute approximate surface area is 98.3 Å². The number of nitrogens with one attached hydrogen (secondary N) is 1. The number of halogens is 2. The van der Waals surface area contributed by atoms with Crippen molar-refractivity contribution < 1.29 is 0 Å². The summed E-state index contributed by atoms with van der Waals surface area (Å²) in [6, 6.07) is 4.15. The summed E-state index contributed by atoms with van der Waals surface area (Å²) in [5, 5.41) is 3.87. The number of benzene rings is 1. The van der Waals surface area contributed by atoms with Crippen molar-refractivity contribution in [1.29, 1.82) is 0 Å². The molecule has 0 unspecified atom stereocenters. The van der Waals surface area contributed by atoms with E-state index in [2.05, 4.69) is 53.8 Å². The van der Waals surface area contributed by atoms with E-state index in [0.717, 1.165) is 10.2 Å². The smallest absolute Gasteiger partial charge is 0.0502 e. The zero-order valence-corrected chi connectivity index (χ0v) is 10.7. The summed E-state index contributed by atoms with van der Waals surface area (Å²) >= 11 is 9.15. The largest absolute Gasteiger partial charge is 0.380 e. The van der Waals surface area contributed by atoms with Gasteiger partial charge in [-0.25, -0.2) is 0 Å². The highest BCUT2D eigenvalue weighted by Crippen LogP contribution is 2.25. The Morgan fingerprint density at radius 3 is 2.36 bits per heavy atom. The van der Waals surface area contributed by atoms with E-state index in [4.69, 9.17) is 11.6 Å². The second kappa shape index (κ2) is 4.85. The summed E-state index contributed by atoms with van der Waals surface area (Å²) < 4.78 is 1.10. The maximum atomic E-state index is 5.70. The van der Waals surface area contributed by atoms with Gasteiger partial charge >= 0.3 is 0 Å². The van der Waals surface area contributed by atoms with E-state index < -0.39 is 0 Å². The van der Waals surface area contributed by atoms with Crippen molar-refractivity contribution in [3.8, 4) is 0 Å². The number of rotatable bonds is 3. The topological polar surface area (TPSA) is 12.0 Å². The summed E-state index contributed by atoms with van der Waals surface area (Å²) in [5.74, 6) is 0. The summed E-state index contributed by atoms with van der Waals surface area (Å²) in [6.07, 6.45) is 0. The van der Waals surface area contributed by atoms with E-state index in [0.29, 0.717) is 11.6 Å². The fraction of sp³-hybridized carbons (Fsp3) is 0.273. The van der Waals surface area contributed by atoms with Gasteiger partial charge in [-0.2, -0.15) is 0 Å². The van der Waals surface area contributed by atoms with Crippen molar-refractivity contribution in [2.75, 3.05) is 11.9 Å². The Morgan fingerprint density at radius 1 is 1.43 bits per heavy atom. The van der Waals surface area contributed by atoms with Crippen molar-refractivity contribution in [2.24, 2.45) is 0 Å². The molecule has 1 aromatic carbocycles. The van der Waals surface area contributed by atoms with Crippen molar-refractivity contribution >= 4 is 33.2 Å². The van der Waals surface area contributed by atoms with Gasteiger partial charge in [0, 0.05) is 15.2 Å². The minimum atomic E-state index is 0.602. The van der Waals surface area contributed by atoms with E-state index in [1.807, 2.05) is 0 Å². The molecule has 0 atom stereocenters. The van der Waals surface area contributed by atoms with Crippen molar-refractivity contribution in [1.82, 2.24) is 0 Å². The first kappa shape index (κ1) is 11.6. The lowest BCUT2D eigenvalue weighted by molar-refractivity contribution is 1.25. The zero-order valence-electron chi connectivity index (χ0n) is 8.32. The Kier molecular flexibility index (Phi) is 4.02. The van der Waals surface area contributed by atoms with Crippen LogP contribution in [0.15, 0.2) is 28.2 Å². The van der Waals surface area contributed by atoms with Crippen LogP contribution in [0.3, 0.4) is 0 Å². The van der Waals surface area contributed by atoms with E-state index in [1.54, 1.807) is 0 Å². The monoisotopic (exact) mass is 273 g/mol. The lowest BCUT2D eigenvalue weighted by Gasteiger charge is -2.12. The van der Waals surface area contributed by atoms with E-state index in [1.165, 1.54) is 11.1 Å². The molecule has 0 saturated carbocycles. The molecular formula is C11H13BrClN. The van der Waals surface area contributed by atoms with E-state index in [-0.39, 0.29) is 0 Å². The van der Waals surface area contributed by atoms with Gasteiger partial charge in [0.1, 0.15) is 0 Å². The van der Waals surface area contributed by atoms with Gasteiger partial charge in [0.15, 0.2) is 0 Å². The molecule has 0 aromatic heterocycles. The average molecular weight is 275 g/mol. The first-order valence-electron chi connectivity index (χ1n) is 4.34. The lowest BCUT2D eigenvalue weighted by Crippen LogP contribution is -2.04. The minimum absolute atomic E-state index is 0.602. The molecule has 0 saturated heterocycles. The van der Waals surface area contributed by atoms with Gasteiger partial charge in [-0.1, -0.05) is 34.1 Å². The SMILES string of the molecule is C=C(Cl)CNc1c(C)cc(Br)cc1C. The molecule has 1 rings (SSSR count). The fourth-order valence-electron chi connectivity index (χ4n) is 1.37. The molecule has 76 valence electrons. The zero-order chi connectivity index (χ0) is 10.7. The third-order valence-corrected chi connectivity index (χ3v) is 2.55. The summed E-state index contributed by atoms with van der Waals surface area (Å²) in [7, 11) is 0. The molecule has 0 spiro atoms. The first-order chi connectivity index (χ1) is 6.50. The molecule has 1 aromatic rings. The van der Waals surface area contributed by atoms with Gasteiger partial charge in [0.2, 0.25) is 0 Å². The van der Waals surface area contributed by atoms with E-state index in [9.17, 15) is 0 Å². The molecule has 0 amide bonds. The van der Waals surface area contributed by atoms with Crippen LogP contribution in [0.2, 0.25) is 0 Å². The van der Waals surface area contributed by atoms with Crippen LogP contribution in [0.1, 0.15) is 11.1 Å². The van der Waals surface area contributed by atoms with Crippen LogP contribution in [0.25, 0.3) is 0 Å². The Hall–Kier alpha value is -0.470. The predicted octanol–water partition coefficient (Wildman–Crippen LogP) is 4.23. The maximum absolute atomic E-state index is 5.70. The average Bonchev–Trinajstić information content (AvgIpc) is 2.01. The number of hydrogen-bond donors (Lipinski definition) is 1. The highest BCUT2D eigenvalue weighted by Gasteiger charge is 2.03. The standard InChI is InChI=1S/C11H13BrClN/c1-7-4-10(12)5-8(2)11(7)14-6-9(3)13/h4-5,14H,3,6H2,1-2H3. The van der Waals surface area contributed by atoms with Gasteiger partial charge < -0.3 is 5.32 Å². The second-order valence-corrected chi connectivity index (χ2v) is 4.74. The van der Waals surface area contributed by atoms with E-state index >= 15 is 0 Å². The lowest BCUT2D eigenvalue weighted by atomic mass is 10.1. The molecule has 3 heteroatoms. The van der Waals surface area contributed by atoms with Crippen LogP contribution >= 0.6 is 27.5 Å². The van der Waals surface area contributed by atoms with Crippen LogP contribution in [0.4, 0.5) is 5.69 Å². The van der Waals surface area contributed by atoms with Crippen LogP contribution in [0, 0.1) is 13.8 Å². The minimum Gasteiger partial charge on any atom is -0.380 e. The summed E-state index contributed by atoms with van der Waals surface area (Å²) in [4.78, 5) is 0. The van der Waals surface area contributed by atoms with Crippen molar-refractivity contribution in [3.63, 3.8) is 0 Å². The number of aryl methyl sites for hydroxylation is 2. The summed E-state index contributed by atoms with van der Waals surface area (Å²) in [6.45, 7) is 8.38.